The van der Waals surface area contributed by atoms with Gasteiger partial charge in [0.1, 0.15) is 5.54 Å². The molecular formula is C15H28N2O2. The number of hydrogen-bond acceptors (Lipinski definition) is 4. The molecule has 1 unspecified atom stereocenters. The van der Waals surface area contributed by atoms with E-state index in [0.29, 0.717) is 12.0 Å². The van der Waals surface area contributed by atoms with Gasteiger partial charge in [0.15, 0.2) is 0 Å². The van der Waals surface area contributed by atoms with Crippen LogP contribution in [-0.4, -0.2) is 49.2 Å². The number of ether oxygens (including phenoxy) is 1. The van der Waals surface area contributed by atoms with E-state index in [4.69, 9.17) is 4.74 Å². The smallest absolute Gasteiger partial charge is 0.327 e. The maximum absolute atomic E-state index is 12.4. The second-order valence-corrected chi connectivity index (χ2v) is 5.97. The third-order valence-electron chi connectivity index (χ3n) is 4.34. The van der Waals surface area contributed by atoms with Crippen LogP contribution in [0.25, 0.3) is 0 Å². The molecule has 0 saturated heterocycles. The summed E-state index contributed by atoms with van der Waals surface area (Å²) in [5.41, 5.74) is -0.471. The van der Waals surface area contributed by atoms with E-state index in [1.54, 1.807) is 0 Å². The SMILES string of the molecule is CCCN(CC(NCC)(C(=O)OC)C1CC1)C1CC1. The van der Waals surface area contributed by atoms with Gasteiger partial charge >= 0.3 is 5.97 Å². The molecule has 0 radical (unpaired) electrons. The molecule has 2 aliphatic carbocycles. The molecule has 2 rings (SSSR count). The molecule has 4 nitrogen and oxygen atoms in total. The minimum Gasteiger partial charge on any atom is -0.468 e. The second-order valence-electron chi connectivity index (χ2n) is 5.97. The van der Waals surface area contributed by atoms with Crippen molar-refractivity contribution in [1.29, 1.82) is 0 Å². The number of methoxy groups -OCH3 is 1. The summed E-state index contributed by atoms with van der Waals surface area (Å²) in [5.74, 6) is 0.386. The number of nitrogens with one attached hydrogen (secondary N) is 1. The molecule has 1 N–H and O–H groups in total. The molecule has 0 aromatic heterocycles. The van der Waals surface area contributed by atoms with Crippen molar-refractivity contribution in [2.24, 2.45) is 5.92 Å². The minimum atomic E-state index is -0.471. The third-order valence-corrected chi connectivity index (χ3v) is 4.34. The van der Waals surface area contributed by atoms with Crippen molar-refractivity contribution in [3.05, 3.63) is 0 Å². The molecule has 2 saturated carbocycles. The van der Waals surface area contributed by atoms with E-state index in [9.17, 15) is 4.79 Å². The Morgan fingerprint density at radius 2 is 2.00 bits per heavy atom. The fraction of sp³-hybridized carbons (Fsp3) is 0.933. The Labute approximate surface area is 116 Å². The van der Waals surface area contributed by atoms with Crippen molar-refractivity contribution < 1.29 is 9.53 Å². The molecule has 110 valence electrons. The van der Waals surface area contributed by atoms with Gasteiger partial charge < -0.3 is 10.1 Å². The lowest BCUT2D eigenvalue weighted by atomic mass is 9.91. The van der Waals surface area contributed by atoms with Crippen LogP contribution in [-0.2, 0) is 9.53 Å². The number of likely N-dealkylation sites (N-methyl/N-ethyl adjacent to an activating group) is 1. The van der Waals surface area contributed by atoms with E-state index in [-0.39, 0.29) is 5.97 Å². The first kappa shape index (κ1) is 14.8. The number of rotatable bonds is 9. The Kier molecular flexibility index (Phi) is 4.85. The van der Waals surface area contributed by atoms with Crippen LogP contribution in [0.15, 0.2) is 0 Å². The van der Waals surface area contributed by atoms with E-state index in [1.807, 2.05) is 0 Å². The number of nitrogens with zero attached hydrogens (tertiary/aromatic N) is 1. The van der Waals surface area contributed by atoms with Gasteiger partial charge in [-0.05, 0) is 51.1 Å². The van der Waals surface area contributed by atoms with E-state index in [0.717, 1.165) is 38.9 Å². The molecule has 0 heterocycles. The van der Waals surface area contributed by atoms with E-state index in [1.165, 1.54) is 20.0 Å². The lowest BCUT2D eigenvalue weighted by Gasteiger charge is -2.37. The number of carbonyl (C=O) groups is 1. The Morgan fingerprint density at radius 1 is 1.32 bits per heavy atom. The Hall–Kier alpha value is -0.610. The summed E-state index contributed by atoms with van der Waals surface area (Å²) in [6.45, 7) is 7.00. The largest absolute Gasteiger partial charge is 0.468 e. The first-order valence-corrected chi connectivity index (χ1v) is 7.75. The van der Waals surface area contributed by atoms with Crippen molar-refractivity contribution in [2.45, 2.75) is 57.5 Å². The molecule has 2 aliphatic rings. The Bertz CT molecular complexity index is 313. The first-order chi connectivity index (χ1) is 9.17. The lowest BCUT2D eigenvalue weighted by molar-refractivity contribution is -0.151. The van der Waals surface area contributed by atoms with Gasteiger partial charge in [-0.2, -0.15) is 0 Å². The van der Waals surface area contributed by atoms with E-state index < -0.39 is 5.54 Å². The highest BCUT2D eigenvalue weighted by Crippen LogP contribution is 2.42. The van der Waals surface area contributed by atoms with E-state index >= 15 is 0 Å². The zero-order chi connectivity index (χ0) is 13.9. The van der Waals surface area contributed by atoms with Gasteiger partial charge in [0.25, 0.3) is 0 Å². The van der Waals surface area contributed by atoms with Gasteiger partial charge in [0.05, 0.1) is 7.11 Å². The fourth-order valence-electron chi connectivity index (χ4n) is 3.14. The first-order valence-electron chi connectivity index (χ1n) is 7.75. The highest BCUT2D eigenvalue weighted by Gasteiger charge is 2.53. The van der Waals surface area contributed by atoms with Gasteiger partial charge in [0, 0.05) is 12.6 Å². The second kappa shape index (κ2) is 6.23. The van der Waals surface area contributed by atoms with Crippen molar-refractivity contribution in [1.82, 2.24) is 10.2 Å². The Balaban J connectivity index is 2.12. The van der Waals surface area contributed by atoms with Crippen LogP contribution < -0.4 is 5.32 Å². The van der Waals surface area contributed by atoms with Gasteiger partial charge in [0.2, 0.25) is 0 Å². The quantitative estimate of drug-likeness (QED) is 0.647. The number of carbonyl (C=O) groups excluding carboxylic acids is 1. The highest BCUT2D eigenvalue weighted by molar-refractivity contribution is 5.82. The maximum atomic E-state index is 12.4. The zero-order valence-electron chi connectivity index (χ0n) is 12.6. The number of esters is 1. The average molecular weight is 268 g/mol. The summed E-state index contributed by atoms with van der Waals surface area (Å²) in [6.07, 6.45) is 6.01. The molecule has 0 aromatic rings. The molecular weight excluding hydrogens is 240 g/mol. The van der Waals surface area contributed by atoms with Crippen molar-refractivity contribution >= 4 is 5.97 Å². The molecule has 1 atom stereocenters. The predicted molar refractivity (Wildman–Crippen MR) is 76.0 cm³/mol. The van der Waals surface area contributed by atoms with Gasteiger partial charge in [-0.15, -0.1) is 0 Å². The molecule has 4 heteroatoms. The van der Waals surface area contributed by atoms with Crippen LogP contribution in [0.3, 0.4) is 0 Å². The fourth-order valence-corrected chi connectivity index (χ4v) is 3.14. The Morgan fingerprint density at radius 3 is 2.42 bits per heavy atom. The average Bonchev–Trinajstić information content (AvgIpc) is 3.28. The molecule has 0 bridgehead atoms. The van der Waals surface area contributed by atoms with Gasteiger partial charge in [-0.25, -0.2) is 4.79 Å². The van der Waals surface area contributed by atoms with Crippen molar-refractivity contribution in [3.8, 4) is 0 Å². The molecule has 0 amide bonds. The summed E-state index contributed by atoms with van der Waals surface area (Å²) in [5, 5.41) is 3.46. The van der Waals surface area contributed by atoms with Gasteiger partial charge in [-0.3, -0.25) is 4.90 Å². The zero-order valence-corrected chi connectivity index (χ0v) is 12.6. The van der Waals surface area contributed by atoms with Crippen LogP contribution in [0.5, 0.6) is 0 Å². The van der Waals surface area contributed by atoms with E-state index in [2.05, 4.69) is 24.1 Å². The summed E-state index contributed by atoms with van der Waals surface area (Å²) in [6, 6.07) is 0.696. The van der Waals surface area contributed by atoms with Crippen LogP contribution in [0.1, 0.15) is 46.0 Å². The summed E-state index contributed by atoms with van der Waals surface area (Å²) in [4.78, 5) is 14.9. The lowest BCUT2D eigenvalue weighted by Crippen LogP contribution is -2.61. The molecule has 19 heavy (non-hydrogen) atoms. The van der Waals surface area contributed by atoms with Gasteiger partial charge in [-0.1, -0.05) is 13.8 Å². The summed E-state index contributed by atoms with van der Waals surface area (Å²) < 4.78 is 5.12. The molecule has 2 fully saturated rings. The monoisotopic (exact) mass is 268 g/mol. The molecule has 0 aromatic carbocycles. The highest BCUT2D eigenvalue weighted by atomic mass is 16.5. The summed E-state index contributed by atoms with van der Waals surface area (Å²) in [7, 11) is 1.51. The van der Waals surface area contributed by atoms with Crippen LogP contribution in [0, 0.1) is 5.92 Å². The van der Waals surface area contributed by atoms with Crippen molar-refractivity contribution in [3.63, 3.8) is 0 Å². The predicted octanol–water partition coefficient (Wildman–Crippen LogP) is 1.79. The normalized spacial score (nSPS) is 22.3. The standard InChI is InChI=1S/C15H28N2O2/c1-4-10-17(13-8-9-13)11-15(16-5-2,12-6-7-12)14(18)19-3/h12-13,16H,4-11H2,1-3H3. The van der Waals surface area contributed by atoms with Crippen LogP contribution >= 0.6 is 0 Å². The maximum Gasteiger partial charge on any atom is 0.327 e. The third kappa shape index (κ3) is 3.29. The van der Waals surface area contributed by atoms with Crippen molar-refractivity contribution in [2.75, 3.05) is 26.7 Å². The molecule has 0 aliphatic heterocycles. The number of hydrogen-bond donors (Lipinski definition) is 1. The van der Waals surface area contributed by atoms with Crippen LogP contribution in [0.4, 0.5) is 0 Å². The molecule has 0 spiro atoms. The topological polar surface area (TPSA) is 41.6 Å². The van der Waals surface area contributed by atoms with Crippen LogP contribution in [0.2, 0.25) is 0 Å². The minimum absolute atomic E-state index is 0.0707. The summed E-state index contributed by atoms with van der Waals surface area (Å²) >= 11 is 0.